The zero-order chi connectivity index (χ0) is 11.8. The highest BCUT2D eigenvalue weighted by molar-refractivity contribution is 5.22. The summed E-state index contributed by atoms with van der Waals surface area (Å²) >= 11 is 0. The van der Waals surface area contributed by atoms with Gasteiger partial charge in [0.15, 0.2) is 0 Å². The van der Waals surface area contributed by atoms with Gasteiger partial charge in [-0.05, 0) is 45.2 Å². The van der Waals surface area contributed by atoms with Crippen molar-refractivity contribution >= 4 is 0 Å². The van der Waals surface area contributed by atoms with Crippen molar-refractivity contribution in [3.8, 4) is 0 Å². The third-order valence-corrected chi connectivity index (χ3v) is 2.79. The van der Waals surface area contributed by atoms with Crippen molar-refractivity contribution in [2.24, 2.45) is 0 Å². The predicted octanol–water partition coefficient (Wildman–Crippen LogP) is 3.48. The Labute approximate surface area is 99.6 Å². The summed E-state index contributed by atoms with van der Waals surface area (Å²) in [6.45, 7) is 9.16. The SMILES string of the molecule is C=CCCNC(C)CCc1cccc(C)c1. The van der Waals surface area contributed by atoms with Gasteiger partial charge in [0.25, 0.3) is 0 Å². The second kappa shape index (κ2) is 7.24. The number of benzene rings is 1. The Kier molecular flexibility index (Phi) is 5.87. The van der Waals surface area contributed by atoms with E-state index in [0.29, 0.717) is 6.04 Å². The van der Waals surface area contributed by atoms with Crippen LogP contribution < -0.4 is 5.32 Å². The van der Waals surface area contributed by atoms with Gasteiger partial charge in [0, 0.05) is 6.04 Å². The molecule has 0 fully saturated rings. The predicted molar refractivity (Wildman–Crippen MR) is 71.8 cm³/mol. The van der Waals surface area contributed by atoms with E-state index in [1.54, 1.807) is 0 Å². The lowest BCUT2D eigenvalue weighted by molar-refractivity contribution is 0.520. The Balaban J connectivity index is 2.25. The molecular formula is C15H23N. The second-order valence-electron chi connectivity index (χ2n) is 4.46. The van der Waals surface area contributed by atoms with Gasteiger partial charge in [-0.2, -0.15) is 0 Å². The van der Waals surface area contributed by atoms with Crippen LogP contribution >= 0.6 is 0 Å². The number of rotatable bonds is 7. The molecule has 0 aromatic heterocycles. The van der Waals surface area contributed by atoms with Crippen molar-refractivity contribution in [3.63, 3.8) is 0 Å². The molecule has 0 aliphatic heterocycles. The van der Waals surface area contributed by atoms with Crippen molar-refractivity contribution in [3.05, 3.63) is 48.0 Å². The third-order valence-electron chi connectivity index (χ3n) is 2.79. The van der Waals surface area contributed by atoms with Crippen LogP contribution in [0.15, 0.2) is 36.9 Å². The smallest absolute Gasteiger partial charge is 0.00420 e. The Morgan fingerprint density at radius 1 is 1.44 bits per heavy atom. The van der Waals surface area contributed by atoms with Crippen LogP contribution in [0.1, 0.15) is 30.9 Å². The summed E-state index contributed by atoms with van der Waals surface area (Å²) in [4.78, 5) is 0. The zero-order valence-corrected chi connectivity index (χ0v) is 10.5. The molecular weight excluding hydrogens is 194 g/mol. The molecule has 1 aromatic rings. The molecule has 0 amide bonds. The van der Waals surface area contributed by atoms with Gasteiger partial charge in [-0.15, -0.1) is 6.58 Å². The molecule has 1 N–H and O–H groups in total. The Morgan fingerprint density at radius 3 is 2.94 bits per heavy atom. The van der Waals surface area contributed by atoms with Crippen molar-refractivity contribution in [2.45, 2.75) is 39.2 Å². The van der Waals surface area contributed by atoms with Crippen LogP contribution in [0.25, 0.3) is 0 Å². The van der Waals surface area contributed by atoms with Crippen molar-refractivity contribution in [1.29, 1.82) is 0 Å². The van der Waals surface area contributed by atoms with E-state index in [0.717, 1.165) is 19.4 Å². The third kappa shape index (κ3) is 5.13. The highest BCUT2D eigenvalue weighted by Gasteiger charge is 2.01. The molecule has 1 nitrogen and oxygen atoms in total. The lowest BCUT2D eigenvalue weighted by atomic mass is 10.0. The van der Waals surface area contributed by atoms with E-state index in [1.165, 1.54) is 17.5 Å². The second-order valence-corrected chi connectivity index (χ2v) is 4.46. The summed E-state index contributed by atoms with van der Waals surface area (Å²) in [5.74, 6) is 0. The molecule has 0 heterocycles. The average Bonchev–Trinajstić information content (AvgIpc) is 2.27. The van der Waals surface area contributed by atoms with Crippen LogP contribution in [0.2, 0.25) is 0 Å². The zero-order valence-electron chi connectivity index (χ0n) is 10.5. The molecule has 0 saturated carbocycles. The van der Waals surface area contributed by atoms with Gasteiger partial charge in [0.1, 0.15) is 0 Å². The van der Waals surface area contributed by atoms with E-state index in [2.05, 4.69) is 50.0 Å². The van der Waals surface area contributed by atoms with Gasteiger partial charge in [0.2, 0.25) is 0 Å². The molecule has 0 saturated heterocycles. The first-order valence-electron chi connectivity index (χ1n) is 6.12. The Morgan fingerprint density at radius 2 is 2.25 bits per heavy atom. The topological polar surface area (TPSA) is 12.0 Å². The van der Waals surface area contributed by atoms with Gasteiger partial charge in [0.05, 0.1) is 0 Å². The summed E-state index contributed by atoms with van der Waals surface area (Å²) in [6.07, 6.45) is 5.36. The number of aryl methyl sites for hydroxylation is 2. The normalized spacial score (nSPS) is 12.4. The quantitative estimate of drug-likeness (QED) is 0.544. The fourth-order valence-electron chi connectivity index (χ4n) is 1.78. The summed E-state index contributed by atoms with van der Waals surface area (Å²) in [6, 6.07) is 9.36. The first-order valence-corrected chi connectivity index (χ1v) is 6.12. The highest BCUT2D eigenvalue weighted by Crippen LogP contribution is 2.07. The number of hydrogen-bond donors (Lipinski definition) is 1. The molecule has 88 valence electrons. The standard InChI is InChI=1S/C15H23N/c1-4-5-11-16-14(3)9-10-15-8-6-7-13(2)12-15/h4,6-8,12,14,16H,1,5,9-11H2,2-3H3. The minimum Gasteiger partial charge on any atom is -0.314 e. The lowest BCUT2D eigenvalue weighted by Gasteiger charge is -2.13. The van der Waals surface area contributed by atoms with Gasteiger partial charge in [-0.1, -0.05) is 35.9 Å². The van der Waals surface area contributed by atoms with Crippen LogP contribution in [0.3, 0.4) is 0 Å². The minimum atomic E-state index is 0.584. The summed E-state index contributed by atoms with van der Waals surface area (Å²) < 4.78 is 0. The first kappa shape index (κ1) is 13.0. The molecule has 0 aliphatic rings. The molecule has 1 heteroatoms. The molecule has 1 unspecified atom stereocenters. The van der Waals surface area contributed by atoms with E-state index < -0.39 is 0 Å². The minimum absolute atomic E-state index is 0.584. The van der Waals surface area contributed by atoms with Crippen molar-refractivity contribution in [2.75, 3.05) is 6.54 Å². The maximum Gasteiger partial charge on any atom is 0.00420 e. The van der Waals surface area contributed by atoms with E-state index in [-0.39, 0.29) is 0 Å². The molecule has 0 aliphatic carbocycles. The Bertz CT molecular complexity index is 317. The summed E-state index contributed by atoms with van der Waals surface area (Å²) in [5, 5.41) is 3.50. The lowest BCUT2D eigenvalue weighted by Crippen LogP contribution is -2.27. The average molecular weight is 217 g/mol. The maximum atomic E-state index is 3.72. The van der Waals surface area contributed by atoms with E-state index in [9.17, 15) is 0 Å². The van der Waals surface area contributed by atoms with Crippen molar-refractivity contribution in [1.82, 2.24) is 5.32 Å². The highest BCUT2D eigenvalue weighted by atomic mass is 14.9. The summed E-state index contributed by atoms with van der Waals surface area (Å²) in [5.41, 5.74) is 2.79. The maximum absolute atomic E-state index is 3.72. The fourth-order valence-corrected chi connectivity index (χ4v) is 1.78. The van der Waals surface area contributed by atoms with Crippen LogP contribution in [0.5, 0.6) is 0 Å². The van der Waals surface area contributed by atoms with Crippen molar-refractivity contribution < 1.29 is 0 Å². The largest absolute Gasteiger partial charge is 0.314 e. The van der Waals surface area contributed by atoms with Gasteiger partial charge in [-0.25, -0.2) is 0 Å². The summed E-state index contributed by atoms with van der Waals surface area (Å²) in [7, 11) is 0. The molecule has 16 heavy (non-hydrogen) atoms. The van der Waals surface area contributed by atoms with E-state index in [4.69, 9.17) is 0 Å². The molecule has 1 aromatic carbocycles. The molecule has 0 bridgehead atoms. The van der Waals surface area contributed by atoms with Gasteiger partial charge >= 0.3 is 0 Å². The monoisotopic (exact) mass is 217 g/mol. The fraction of sp³-hybridized carbons (Fsp3) is 0.467. The molecule has 0 spiro atoms. The van der Waals surface area contributed by atoms with Gasteiger partial charge < -0.3 is 5.32 Å². The van der Waals surface area contributed by atoms with Crippen LogP contribution in [0.4, 0.5) is 0 Å². The molecule has 1 atom stereocenters. The Hall–Kier alpha value is -1.08. The molecule has 1 rings (SSSR count). The number of nitrogens with one attached hydrogen (secondary N) is 1. The van der Waals surface area contributed by atoms with Gasteiger partial charge in [-0.3, -0.25) is 0 Å². The first-order chi connectivity index (χ1) is 7.72. The number of hydrogen-bond acceptors (Lipinski definition) is 1. The van der Waals surface area contributed by atoms with Crippen LogP contribution in [0, 0.1) is 6.92 Å². The van der Waals surface area contributed by atoms with Crippen LogP contribution in [-0.4, -0.2) is 12.6 Å². The van der Waals surface area contributed by atoms with E-state index >= 15 is 0 Å². The molecule has 0 radical (unpaired) electrons. The van der Waals surface area contributed by atoms with Crippen LogP contribution in [-0.2, 0) is 6.42 Å². The van der Waals surface area contributed by atoms with E-state index in [1.807, 2.05) is 6.08 Å².